The Balaban J connectivity index is 1.80. The van der Waals surface area contributed by atoms with E-state index >= 15 is 0 Å². The topological polar surface area (TPSA) is 64.4 Å². The number of aliphatic hydroxyl groups is 1. The van der Waals surface area contributed by atoms with E-state index in [9.17, 15) is 14.3 Å². The third-order valence-electron chi connectivity index (χ3n) is 4.38. The standard InChI is InChI=1S/C21H19FN2O2/c1-14-2-4-16(5-3-14)20(25)19(12-23)21(26)24-11-10-17(13-24)15-6-8-18(22)9-7-15/h2-10,12,23,25H,11,13H2,1H3/b20-19+,23-12?. The molecule has 0 aromatic heterocycles. The number of nitrogens with one attached hydrogen (secondary N) is 1. The average Bonchev–Trinajstić information content (AvgIpc) is 3.13. The fourth-order valence-corrected chi connectivity index (χ4v) is 2.85. The van der Waals surface area contributed by atoms with E-state index in [0.29, 0.717) is 18.7 Å². The molecule has 0 fully saturated rings. The lowest BCUT2D eigenvalue weighted by atomic mass is 10.1. The van der Waals surface area contributed by atoms with Gasteiger partial charge in [-0.3, -0.25) is 4.79 Å². The molecular formula is C21H19FN2O2. The van der Waals surface area contributed by atoms with Gasteiger partial charge in [0.2, 0.25) is 0 Å². The van der Waals surface area contributed by atoms with E-state index in [1.807, 2.05) is 25.1 Å². The summed E-state index contributed by atoms with van der Waals surface area (Å²) < 4.78 is 13.1. The molecule has 0 bridgehead atoms. The molecule has 3 rings (SSSR count). The Kier molecular flexibility index (Phi) is 4.98. The zero-order valence-corrected chi connectivity index (χ0v) is 14.4. The molecule has 0 radical (unpaired) electrons. The van der Waals surface area contributed by atoms with Crippen molar-refractivity contribution in [3.8, 4) is 0 Å². The molecule has 0 unspecified atom stereocenters. The van der Waals surface area contributed by atoms with Gasteiger partial charge in [0, 0.05) is 24.9 Å². The van der Waals surface area contributed by atoms with E-state index < -0.39 is 5.91 Å². The molecule has 2 aromatic rings. The number of aryl methyl sites for hydroxylation is 1. The summed E-state index contributed by atoms with van der Waals surface area (Å²) in [6.07, 6.45) is 2.78. The van der Waals surface area contributed by atoms with Gasteiger partial charge in [-0.1, -0.05) is 48.0 Å². The molecular weight excluding hydrogens is 331 g/mol. The van der Waals surface area contributed by atoms with Crippen LogP contribution in [-0.2, 0) is 4.79 Å². The molecule has 26 heavy (non-hydrogen) atoms. The number of benzene rings is 2. The number of carbonyl (C=O) groups is 1. The van der Waals surface area contributed by atoms with Gasteiger partial charge in [0.05, 0.1) is 5.57 Å². The molecule has 2 N–H and O–H groups in total. The number of carbonyl (C=O) groups excluding carboxylic acids is 1. The van der Waals surface area contributed by atoms with Crippen molar-refractivity contribution in [3.63, 3.8) is 0 Å². The largest absolute Gasteiger partial charge is 0.506 e. The van der Waals surface area contributed by atoms with Gasteiger partial charge >= 0.3 is 0 Å². The van der Waals surface area contributed by atoms with Gasteiger partial charge in [0.25, 0.3) is 5.91 Å². The first-order chi connectivity index (χ1) is 12.5. The highest BCUT2D eigenvalue weighted by molar-refractivity contribution is 6.17. The minimum absolute atomic E-state index is 0.0531. The van der Waals surface area contributed by atoms with Crippen LogP contribution in [0.25, 0.3) is 11.3 Å². The van der Waals surface area contributed by atoms with Crippen molar-refractivity contribution in [2.45, 2.75) is 6.92 Å². The average molecular weight is 350 g/mol. The summed E-state index contributed by atoms with van der Waals surface area (Å²) in [6, 6.07) is 13.2. The Labute approximate surface area is 151 Å². The summed E-state index contributed by atoms with van der Waals surface area (Å²) in [7, 11) is 0. The summed E-state index contributed by atoms with van der Waals surface area (Å²) in [5.41, 5.74) is 3.25. The highest BCUT2D eigenvalue weighted by atomic mass is 19.1. The molecule has 1 amide bonds. The Morgan fingerprint density at radius 2 is 1.81 bits per heavy atom. The van der Waals surface area contributed by atoms with Crippen molar-refractivity contribution in [1.82, 2.24) is 4.90 Å². The molecule has 5 heteroatoms. The van der Waals surface area contributed by atoms with Gasteiger partial charge in [-0.05, 0) is 30.2 Å². The van der Waals surface area contributed by atoms with Crippen molar-refractivity contribution in [2.24, 2.45) is 0 Å². The minimum Gasteiger partial charge on any atom is -0.506 e. The van der Waals surface area contributed by atoms with Crippen LogP contribution < -0.4 is 0 Å². The predicted molar refractivity (Wildman–Crippen MR) is 100 cm³/mol. The van der Waals surface area contributed by atoms with Crippen LogP contribution in [0.3, 0.4) is 0 Å². The Bertz CT molecular complexity index is 897. The van der Waals surface area contributed by atoms with Crippen molar-refractivity contribution >= 4 is 23.5 Å². The maximum Gasteiger partial charge on any atom is 0.259 e. The lowest BCUT2D eigenvalue weighted by Gasteiger charge is -2.18. The van der Waals surface area contributed by atoms with Crippen LogP contribution in [0.1, 0.15) is 16.7 Å². The van der Waals surface area contributed by atoms with Crippen LogP contribution in [0.4, 0.5) is 4.39 Å². The zero-order valence-electron chi connectivity index (χ0n) is 14.4. The van der Waals surface area contributed by atoms with Crippen molar-refractivity contribution in [1.29, 1.82) is 5.41 Å². The third-order valence-corrected chi connectivity index (χ3v) is 4.38. The van der Waals surface area contributed by atoms with Gasteiger partial charge in [-0.25, -0.2) is 4.39 Å². The van der Waals surface area contributed by atoms with Crippen LogP contribution in [0.5, 0.6) is 0 Å². The highest BCUT2D eigenvalue weighted by Crippen LogP contribution is 2.24. The Morgan fingerprint density at radius 3 is 2.42 bits per heavy atom. The number of aliphatic hydroxyl groups excluding tert-OH is 1. The van der Waals surface area contributed by atoms with Crippen molar-refractivity contribution < 1.29 is 14.3 Å². The van der Waals surface area contributed by atoms with Gasteiger partial charge in [-0.2, -0.15) is 0 Å². The molecule has 2 aromatic carbocycles. The van der Waals surface area contributed by atoms with Crippen molar-refractivity contribution in [3.05, 3.63) is 82.7 Å². The fourth-order valence-electron chi connectivity index (χ4n) is 2.85. The van der Waals surface area contributed by atoms with Gasteiger partial charge in [-0.15, -0.1) is 0 Å². The molecule has 1 aliphatic rings. The molecule has 0 aliphatic carbocycles. The molecule has 0 saturated carbocycles. The van der Waals surface area contributed by atoms with Crippen molar-refractivity contribution in [2.75, 3.05) is 13.1 Å². The molecule has 4 nitrogen and oxygen atoms in total. The lowest BCUT2D eigenvalue weighted by Crippen LogP contribution is -2.31. The molecule has 132 valence electrons. The SMILES string of the molecule is Cc1ccc(/C(O)=C(/C=N)C(=O)N2CC=C(c3ccc(F)cc3)C2)cc1. The van der Waals surface area contributed by atoms with Crippen LogP contribution in [0, 0.1) is 18.2 Å². The first kappa shape index (κ1) is 17.6. The number of hydrogen-bond donors (Lipinski definition) is 2. The van der Waals surface area contributed by atoms with Gasteiger partial charge < -0.3 is 15.4 Å². The second kappa shape index (κ2) is 7.35. The van der Waals surface area contributed by atoms with E-state index in [0.717, 1.165) is 22.9 Å². The van der Waals surface area contributed by atoms with Crippen LogP contribution in [-0.4, -0.2) is 35.2 Å². The van der Waals surface area contributed by atoms with Gasteiger partial charge in [0.15, 0.2) is 0 Å². The Morgan fingerprint density at radius 1 is 1.15 bits per heavy atom. The van der Waals surface area contributed by atoms with E-state index in [4.69, 9.17) is 5.41 Å². The number of nitrogens with zero attached hydrogens (tertiary/aromatic N) is 1. The van der Waals surface area contributed by atoms with E-state index in [1.165, 1.54) is 12.1 Å². The second-order valence-electron chi connectivity index (χ2n) is 6.19. The number of amides is 1. The second-order valence-corrected chi connectivity index (χ2v) is 6.19. The molecule has 0 atom stereocenters. The van der Waals surface area contributed by atoms with E-state index in [-0.39, 0.29) is 17.1 Å². The smallest absolute Gasteiger partial charge is 0.259 e. The molecule has 1 aliphatic heterocycles. The normalized spacial score (nSPS) is 14.7. The quantitative estimate of drug-likeness (QED) is 0.498. The predicted octanol–water partition coefficient (Wildman–Crippen LogP) is 3.98. The minimum atomic E-state index is -0.411. The monoisotopic (exact) mass is 350 g/mol. The number of hydrogen-bond acceptors (Lipinski definition) is 3. The first-order valence-electron chi connectivity index (χ1n) is 8.24. The lowest BCUT2D eigenvalue weighted by molar-refractivity contribution is -0.125. The molecule has 0 spiro atoms. The third kappa shape index (κ3) is 3.57. The molecule has 1 heterocycles. The molecule has 0 saturated heterocycles. The summed E-state index contributed by atoms with van der Waals surface area (Å²) >= 11 is 0. The summed E-state index contributed by atoms with van der Waals surface area (Å²) in [6.45, 7) is 2.66. The maximum atomic E-state index is 13.1. The maximum absolute atomic E-state index is 13.1. The zero-order chi connectivity index (χ0) is 18.7. The highest BCUT2D eigenvalue weighted by Gasteiger charge is 2.25. The van der Waals surface area contributed by atoms with Crippen LogP contribution in [0.15, 0.2) is 60.2 Å². The number of rotatable bonds is 4. The summed E-state index contributed by atoms with van der Waals surface area (Å²) in [5, 5.41) is 18.0. The van der Waals surface area contributed by atoms with Gasteiger partial charge in [0.1, 0.15) is 11.6 Å². The van der Waals surface area contributed by atoms with E-state index in [1.54, 1.807) is 29.2 Å². The summed E-state index contributed by atoms with van der Waals surface area (Å²) in [4.78, 5) is 14.3. The first-order valence-corrected chi connectivity index (χ1v) is 8.24. The van der Waals surface area contributed by atoms with Crippen LogP contribution in [0.2, 0.25) is 0 Å². The Hall–Kier alpha value is -3.21. The number of halogens is 1. The fraction of sp³-hybridized carbons (Fsp3) is 0.143. The van der Waals surface area contributed by atoms with Crippen LogP contribution >= 0.6 is 0 Å². The summed E-state index contributed by atoms with van der Waals surface area (Å²) in [5.74, 6) is -0.927. The van der Waals surface area contributed by atoms with E-state index in [2.05, 4.69) is 0 Å².